The number of hydrogen-bond acceptors (Lipinski definition) is 4. The number of nitrogens with one attached hydrogen (secondary N) is 1. The van der Waals surface area contributed by atoms with Gasteiger partial charge >= 0.3 is 5.97 Å². The van der Waals surface area contributed by atoms with Crippen molar-refractivity contribution in [1.29, 1.82) is 0 Å². The van der Waals surface area contributed by atoms with Crippen molar-refractivity contribution in [3.63, 3.8) is 0 Å². The van der Waals surface area contributed by atoms with Gasteiger partial charge in [0.25, 0.3) is 0 Å². The second kappa shape index (κ2) is 5.86. The number of carbonyl (C=O) groups is 2. The normalized spacial score (nSPS) is 11.7. The number of aromatic carboxylic acids is 1. The van der Waals surface area contributed by atoms with Gasteiger partial charge in [-0.25, -0.2) is 13.2 Å². The highest BCUT2D eigenvalue weighted by Gasteiger charge is 2.30. The van der Waals surface area contributed by atoms with Crippen molar-refractivity contribution in [2.75, 3.05) is 27.7 Å². The summed E-state index contributed by atoms with van der Waals surface area (Å²) in [7, 11) is 0.382. The van der Waals surface area contributed by atoms with Crippen molar-refractivity contribution < 1.29 is 23.1 Å². The van der Waals surface area contributed by atoms with Gasteiger partial charge in [-0.05, 0) is 13.8 Å². The van der Waals surface area contributed by atoms with Crippen LogP contribution < -0.4 is 0 Å². The molecular weight excluding hydrogens is 298 g/mol. The first-order valence-electron chi connectivity index (χ1n) is 6.09. The molecule has 118 valence electrons. The Balaban J connectivity index is 3.26. The molecule has 0 fully saturated rings. The van der Waals surface area contributed by atoms with Gasteiger partial charge in [-0.1, -0.05) is 0 Å². The van der Waals surface area contributed by atoms with Crippen LogP contribution in [-0.4, -0.2) is 67.3 Å². The summed E-state index contributed by atoms with van der Waals surface area (Å²) in [6.45, 7) is 2.58. The Morgan fingerprint density at radius 2 is 1.71 bits per heavy atom. The molecule has 0 atom stereocenters. The van der Waals surface area contributed by atoms with E-state index in [0.717, 1.165) is 4.31 Å². The first-order chi connectivity index (χ1) is 9.50. The van der Waals surface area contributed by atoms with E-state index < -0.39 is 16.0 Å². The molecular formula is C12H19N3O5S. The summed E-state index contributed by atoms with van der Waals surface area (Å²) in [4.78, 5) is 26.4. The molecule has 0 saturated carbocycles. The second-order valence-electron chi connectivity index (χ2n) is 4.93. The summed E-state index contributed by atoms with van der Waals surface area (Å²) in [6, 6.07) is 0. The number of carboxylic acids is 1. The molecule has 0 unspecified atom stereocenters. The molecule has 0 radical (unpaired) electrons. The number of aromatic amines is 1. The fourth-order valence-electron chi connectivity index (χ4n) is 1.91. The standard InChI is InChI=1S/C12H19N3O5S/c1-7-10(12(17)18)13-8(2)11(7)21(19,20)15(5)6-9(16)14(3)4/h13H,6H2,1-5H3,(H,17,18). The molecule has 0 aliphatic heterocycles. The molecule has 1 amide bonds. The zero-order chi connectivity index (χ0) is 16.5. The molecule has 21 heavy (non-hydrogen) atoms. The fourth-order valence-corrected chi connectivity index (χ4v) is 3.43. The van der Waals surface area contributed by atoms with Crippen LogP contribution in [0.25, 0.3) is 0 Å². The van der Waals surface area contributed by atoms with Crippen LogP contribution in [0.5, 0.6) is 0 Å². The number of carboxylic acid groups (broad SMARTS) is 1. The number of carbonyl (C=O) groups excluding carboxylic acids is 1. The Morgan fingerprint density at radius 3 is 2.10 bits per heavy atom. The average Bonchev–Trinajstić information content (AvgIpc) is 2.64. The van der Waals surface area contributed by atoms with Crippen LogP contribution in [0.1, 0.15) is 21.7 Å². The number of H-pyrrole nitrogens is 1. The number of nitrogens with zero attached hydrogens (tertiary/aromatic N) is 2. The summed E-state index contributed by atoms with van der Waals surface area (Å²) in [5, 5.41) is 9.03. The van der Waals surface area contributed by atoms with Gasteiger partial charge in [0.15, 0.2) is 0 Å². The van der Waals surface area contributed by atoms with Gasteiger partial charge in [-0.2, -0.15) is 4.31 Å². The first kappa shape index (κ1) is 17.2. The summed E-state index contributed by atoms with van der Waals surface area (Å²) >= 11 is 0. The number of sulfonamides is 1. The number of aryl methyl sites for hydroxylation is 1. The van der Waals surface area contributed by atoms with Crippen LogP contribution in [0.2, 0.25) is 0 Å². The molecule has 2 N–H and O–H groups in total. The summed E-state index contributed by atoms with van der Waals surface area (Å²) in [6.07, 6.45) is 0. The zero-order valence-electron chi connectivity index (χ0n) is 12.6. The summed E-state index contributed by atoms with van der Waals surface area (Å²) < 4.78 is 25.9. The lowest BCUT2D eigenvalue weighted by molar-refractivity contribution is -0.128. The van der Waals surface area contributed by atoms with Gasteiger partial charge in [0.2, 0.25) is 15.9 Å². The zero-order valence-corrected chi connectivity index (χ0v) is 13.4. The van der Waals surface area contributed by atoms with Gasteiger partial charge in [0.05, 0.1) is 6.54 Å². The lowest BCUT2D eigenvalue weighted by Gasteiger charge is -2.19. The fraction of sp³-hybridized carbons (Fsp3) is 0.500. The van der Waals surface area contributed by atoms with Crippen molar-refractivity contribution in [3.05, 3.63) is 17.0 Å². The predicted octanol–water partition coefficient (Wildman–Crippen LogP) is 0.0384. The quantitative estimate of drug-likeness (QED) is 0.796. The Hall–Kier alpha value is -1.87. The van der Waals surface area contributed by atoms with E-state index in [1.165, 1.54) is 39.9 Å². The lowest BCUT2D eigenvalue weighted by Crippen LogP contribution is -2.38. The maximum Gasteiger partial charge on any atom is 0.352 e. The number of likely N-dealkylation sites (N-methyl/N-ethyl adjacent to an activating group) is 2. The summed E-state index contributed by atoms with van der Waals surface area (Å²) in [5.41, 5.74) is 0.191. The Kier molecular flexibility index (Phi) is 4.79. The van der Waals surface area contributed by atoms with Crippen molar-refractivity contribution in [2.24, 2.45) is 0 Å². The van der Waals surface area contributed by atoms with Crippen LogP contribution >= 0.6 is 0 Å². The van der Waals surface area contributed by atoms with Crippen LogP contribution in [0.4, 0.5) is 0 Å². The SMILES string of the molecule is Cc1[nH]c(C(=O)O)c(C)c1S(=O)(=O)N(C)CC(=O)N(C)C. The Morgan fingerprint density at radius 1 is 1.19 bits per heavy atom. The van der Waals surface area contributed by atoms with E-state index in [1.807, 2.05) is 0 Å². The highest BCUT2D eigenvalue weighted by atomic mass is 32.2. The molecule has 0 spiro atoms. The van der Waals surface area contributed by atoms with Gasteiger partial charge in [-0.15, -0.1) is 0 Å². The minimum atomic E-state index is -3.95. The molecule has 1 heterocycles. The van der Waals surface area contributed by atoms with Crippen LogP contribution in [0.15, 0.2) is 4.90 Å². The van der Waals surface area contributed by atoms with E-state index >= 15 is 0 Å². The minimum Gasteiger partial charge on any atom is -0.477 e. The highest BCUT2D eigenvalue weighted by Crippen LogP contribution is 2.25. The van der Waals surface area contributed by atoms with Gasteiger partial charge in [0, 0.05) is 32.4 Å². The van der Waals surface area contributed by atoms with Crippen LogP contribution in [-0.2, 0) is 14.8 Å². The number of aromatic nitrogens is 1. The first-order valence-corrected chi connectivity index (χ1v) is 7.53. The molecule has 1 rings (SSSR count). The monoisotopic (exact) mass is 317 g/mol. The Labute approximate surface area is 123 Å². The Bertz CT molecular complexity index is 675. The van der Waals surface area contributed by atoms with Crippen molar-refractivity contribution >= 4 is 21.9 Å². The molecule has 1 aromatic rings. The maximum absolute atomic E-state index is 12.5. The summed E-state index contributed by atoms with van der Waals surface area (Å²) in [5.74, 6) is -1.60. The molecule has 0 aliphatic carbocycles. The number of rotatable bonds is 5. The maximum atomic E-state index is 12.5. The lowest BCUT2D eigenvalue weighted by atomic mass is 10.2. The number of amides is 1. The molecule has 1 aromatic heterocycles. The third-order valence-electron chi connectivity index (χ3n) is 3.11. The molecule has 0 bridgehead atoms. The van der Waals surface area contributed by atoms with Crippen molar-refractivity contribution in [1.82, 2.24) is 14.2 Å². The van der Waals surface area contributed by atoms with E-state index in [1.54, 1.807) is 0 Å². The van der Waals surface area contributed by atoms with Crippen LogP contribution in [0.3, 0.4) is 0 Å². The van der Waals surface area contributed by atoms with Gasteiger partial charge in [0.1, 0.15) is 10.6 Å². The third kappa shape index (κ3) is 3.24. The smallest absolute Gasteiger partial charge is 0.352 e. The van der Waals surface area contributed by atoms with Crippen LogP contribution in [0, 0.1) is 13.8 Å². The molecule has 0 aromatic carbocycles. The van der Waals surface area contributed by atoms with E-state index in [-0.39, 0.29) is 34.3 Å². The number of hydrogen-bond donors (Lipinski definition) is 2. The van der Waals surface area contributed by atoms with E-state index in [4.69, 9.17) is 5.11 Å². The topological polar surface area (TPSA) is 111 Å². The molecule has 9 heteroatoms. The van der Waals surface area contributed by atoms with E-state index in [9.17, 15) is 18.0 Å². The van der Waals surface area contributed by atoms with Crippen molar-refractivity contribution in [2.45, 2.75) is 18.7 Å². The van der Waals surface area contributed by atoms with E-state index in [2.05, 4.69) is 4.98 Å². The molecule has 0 saturated heterocycles. The average molecular weight is 317 g/mol. The molecule has 8 nitrogen and oxygen atoms in total. The van der Waals surface area contributed by atoms with Gasteiger partial charge < -0.3 is 15.0 Å². The second-order valence-corrected chi connectivity index (χ2v) is 6.92. The van der Waals surface area contributed by atoms with Gasteiger partial charge in [-0.3, -0.25) is 4.79 Å². The largest absolute Gasteiger partial charge is 0.477 e. The minimum absolute atomic E-state index is 0.103. The highest BCUT2D eigenvalue weighted by molar-refractivity contribution is 7.89. The molecule has 0 aliphatic rings. The van der Waals surface area contributed by atoms with Crippen molar-refractivity contribution in [3.8, 4) is 0 Å². The predicted molar refractivity (Wildman–Crippen MR) is 75.7 cm³/mol. The van der Waals surface area contributed by atoms with E-state index in [0.29, 0.717) is 0 Å². The third-order valence-corrected chi connectivity index (χ3v) is 5.19.